The zero-order valence-electron chi connectivity index (χ0n) is 13.6. The summed E-state index contributed by atoms with van der Waals surface area (Å²) in [5.74, 6) is 0.307. The molecule has 4 rings (SSSR count). The second-order valence-electron chi connectivity index (χ2n) is 6.74. The molecule has 0 fully saturated rings. The van der Waals surface area contributed by atoms with Crippen molar-refractivity contribution in [2.24, 2.45) is 0 Å². The fraction of sp³-hybridized carbons (Fsp3) is 0.350. The first-order valence-electron chi connectivity index (χ1n) is 8.63. The molecule has 24 heavy (non-hydrogen) atoms. The van der Waals surface area contributed by atoms with Crippen LogP contribution < -0.4 is 10.6 Å². The highest BCUT2D eigenvalue weighted by atomic mass is 16.3. The Morgan fingerprint density at radius 1 is 1.12 bits per heavy atom. The van der Waals surface area contributed by atoms with Crippen LogP contribution in [0.25, 0.3) is 0 Å². The standard InChI is InChI=1S/C20H22N2O2/c23-16-9-8-14-12-21-19(11-15(14)10-16)20(24)22-18-7-3-5-13-4-1-2-6-17(13)18/h1-2,4,6,8-10,18-19,21,23H,3,5,7,11-12H2,(H,22,24). The Balaban J connectivity index is 1.48. The third kappa shape index (κ3) is 2.89. The number of benzene rings is 2. The van der Waals surface area contributed by atoms with Crippen molar-refractivity contribution in [3.8, 4) is 5.75 Å². The number of rotatable bonds is 2. The zero-order chi connectivity index (χ0) is 16.5. The lowest BCUT2D eigenvalue weighted by molar-refractivity contribution is -0.124. The van der Waals surface area contributed by atoms with Crippen molar-refractivity contribution in [1.29, 1.82) is 0 Å². The molecule has 1 aliphatic carbocycles. The van der Waals surface area contributed by atoms with E-state index in [0.717, 1.165) is 30.4 Å². The summed E-state index contributed by atoms with van der Waals surface area (Å²) in [5.41, 5.74) is 4.81. The summed E-state index contributed by atoms with van der Waals surface area (Å²) in [4.78, 5) is 12.7. The smallest absolute Gasteiger partial charge is 0.237 e. The van der Waals surface area contributed by atoms with Gasteiger partial charge in [0.15, 0.2) is 0 Å². The van der Waals surface area contributed by atoms with Crippen LogP contribution in [0.2, 0.25) is 0 Å². The van der Waals surface area contributed by atoms with Crippen molar-refractivity contribution in [1.82, 2.24) is 10.6 Å². The van der Waals surface area contributed by atoms with Gasteiger partial charge in [-0.25, -0.2) is 0 Å². The monoisotopic (exact) mass is 322 g/mol. The average molecular weight is 322 g/mol. The van der Waals surface area contributed by atoms with Crippen LogP contribution in [0.5, 0.6) is 5.75 Å². The summed E-state index contributed by atoms with van der Waals surface area (Å²) < 4.78 is 0. The van der Waals surface area contributed by atoms with E-state index >= 15 is 0 Å². The number of carbonyl (C=O) groups excluding carboxylic acids is 1. The molecule has 0 saturated carbocycles. The minimum Gasteiger partial charge on any atom is -0.508 e. The summed E-state index contributed by atoms with van der Waals surface area (Å²) in [6, 6.07) is 13.6. The van der Waals surface area contributed by atoms with Crippen LogP contribution in [0.4, 0.5) is 0 Å². The molecular weight excluding hydrogens is 300 g/mol. The van der Waals surface area contributed by atoms with Crippen molar-refractivity contribution in [2.75, 3.05) is 0 Å². The van der Waals surface area contributed by atoms with Gasteiger partial charge in [0.25, 0.3) is 0 Å². The van der Waals surface area contributed by atoms with Gasteiger partial charge >= 0.3 is 0 Å². The maximum Gasteiger partial charge on any atom is 0.237 e. The molecule has 4 nitrogen and oxygen atoms in total. The molecule has 0 aromatic heterocycles. The highest BCUT2D eigenvalue weighted by Crippen LogP contribution is 2.30. The van der Waals surface area contributed by atoms with Crippen molar-refractivity contribution in [3.05, 3.63) is 64.7 Å². The molecule has 124 valence electrons. The maximum atomic E-state index is 12.7. The predicted molar refractivity (Wildman–Crippen MR) is 92.7 cm³/mol. The second-order valence-corrected chi connectivity index (χ2v) is 6.74. The SMILES string of the molecule is O=C(NC1CCCc2ccccc21)C1Cc2cc(O)ccc2CN1. The molecule has 4 heteroatoms. The van der Waals surface area contributed by atoms with Crippen LogP contribution in [-0.4, -0.2) is 17.1 Å². The Morgan fingerprint density at radius 3 is 2.92 bits per heavy atom. The molecule has 1 aliphatic heterocycles. The molecule has 2 aromatic carbocycles. The van der Waals surface area contributed by atoms with Gasteiger partial charge in [-0.05, 0) is 60.1 Å². The fourth-order valence-corrected chi connectivity index (χ4v) is 3.86. The van der Waals surface area contributed by atoms with E-state index in [2.05, 4.69) is 28.8 Å². The molecule has 3 N–H and O–H groups in total. The van der Waals surface area contributed by atoms with E-state index in [4.69, 9.17) is 0 Å². The molecule has 1 amide bonds. The number of fused-ring (bicyclic) bond motifs is 2. The number of aromatic hydroxyl groups is 1. The van der Waals surface area contributed by atoms with E-state index in [1.165, 1.54) is 11.1 Å². The Bertz CT molecular complexity index is 772. The zero-order valence-corrected chi connectivity index (χ0v) is 13.6. The van der Waals surface area contributed by atoms with E-state index in [1.54, 1.807) is 12.1 Å². The first kappa shape index (κ1) is 15.2. The summed E-state index contributed by atoms with van der Waals surface area (Å²) in [7, 11) is 0. The third-order valence-electron chi connectivity index (χ3n) is 5.16. The number of phenols is 1. The summed E-state index contributed by atoms with van der Waals surface area (Å²) in [6.07, 6.45) is 3.81. The first-order valence-corrected chi connectivity index (χ1v) is 8.63. The van der Waals surface area contributed by atoms with Gasteiger partial charge in [-0.15, -0.1) is 0 Å². The number of nitrogens with one attached hydrogen (secondary N) is 2. The van der Waals surface area contributed by atoms with Crippen LogP contribution in [0.3, 0.4) is 0 Å². The normalized spacial score (nSPS) is 22.3. The fourth-order valence-electron chi connectivity index (χ4n) is 3.86. The molecular formula is C20H22N2O2. The quantitative estimate of drug-likeness (QED) is 0.796. The molecule has 0 spiro atoms. The molecule has 0 saturated heterocycles. The number of hydrogen-bond donors (Lipinski definition) is 3. The van der Waals surface area contributed by atoms with E-state index < -0.39 is 0 Å². The number of carbonyl (C=O) groups is 1. The summed E-state index contributed by atoms with van der Waals surface area (Å²) in [5, 5.41) is 16.2. The summed E-state index contributed by atoms with van der Waals surface area (Å²) >= 11 is 0. The van der Waals surface area contributed by atoms with Crippen molar-refractivity contribution in [3.63, 3.8) is 0 Å². The van der Waals surface area contributed by atoms with Gasteiger partial charge in [0, 0.05) is 6.54 Å². The molecule has 0 bridgehead atoms. The Kier molecular flexibility index (Phi) is 3.98. The van der Waals surface area contributed by atoms with Gasteiger partial charge in [-0.3, -0.25) is 4.79 Å². The van der Waals surface area contributed by atoms with Gasteiger partial charge in [-0.2, -0.15) is 0 Å². The van der Waals surface area contributed by atoms with E-state index in [0.29, 0.717) is 13.0 Å². The highest BCUT2D eigenvalue weighted by Gasteiger charge is 2.28. The van der Waals surface area contributed by atoms with Crippen LogP contribution in [-0.2, 0) is 24.2 Å². The largest absolute Gasteiger partial charge is 0.508 e. The van der Waals surface area contributed by atoms with Crippen molar-refractivity contribution >= 4 is 5.91 Å². The van der Waals surface area contributed by atoms with Gasteiger partial charge in [0.05, 0.1) is 12.1 Å². The van der Waals surface area contributed by atoms with Crippen molar-refractivity contribution < 1.29 is 9.90 Å². The number of amides is 1. The van der Waals surface area contributed by atoms with Crippen molar-refractivity contribution in [2.45, 2.75) is 44.3 Å². The second kappa shape index (κ2) is 6.29. The van der Waals surface area contributed by atoms with Gasteiger partial charge in [-0.1, -0.05) is 30.3 Å². The van der Waals surface area contributed by atoms with Gasteiger partial charge < -0.3 is 15.7 Å². The maximum absolute atomic E-state index is 12.7. The first-order chi connectivity index (χ1) is 11.7. The number of phenolic OH excluding ortho intramolecular Hbond substituents is 1. The molecule has 0 radical (unpaired) electrons. The lowest BCUT2D eigenvalue weighted by Gasteiger charge is -2.30. The predicted octanol–water partition coefficient (Wildman–Crippen LogP) is 2.60. The Morgan fingerprint density at radius 2 is 2.00 bits per heavy atom. The van der Waals surface area contributed by atoms with Crippen LogP contribution in [0.1, 0.15) is 41.1 Å². The molecule has 2 unspecified atom stereocenters. The number of hydrogen-bond acceptors (Lipinski definition) is 3. The lowest BCUT2D eigenvalue weighted by Crippen LogP contribution is -2.48. The molecule has 2 aliphatic rings. The van der Waals surface area contributed by atoms with Crippen LogP contribution in [0, 0.1) is 0 Å². The summed E-state index contributed by atoms with van der Waals surface area (Å²) in [6.45, 7) is 0.662. The average Bonchev–Trinajstić information content (AvgIpc) is 2.61. The highest BCUT2D eigenvalue weighted by molar-refractivity contribution is 5.83. The van der Waals surface area contributed by atoms with Gasteiger partial charge in [0.1, 0.15) is 5.75 Å². The molecule has 2 atom stereocenters. The Hall–Kier alpha value is -2.33. The van der Waals surface area contributed by atoms with Crippen LogP contribution in [0.15, 0.2) is 42.5 Å². The third-order valence-corrected chi connectivity index (χ3v) is 5.16. The van der Waals surface area contributed by atoms with E-state index in [9.17, 15) is 9.90 Å². The minimum atomic E-state index is -0.242. The van der Waals surface area contributed by atoms with Gasteiger partial charge in [0.2, 0.25) is 5.91 Å². The minimum absolute atomic E-state index is 0.0469. The number of aryl methyl sites for hydroxylation is 1. The Labute approximate surface area is 141 Å². The topological polar surface area (TPSA) is 61.4 Å². The van der Waals surface area contributed by atoms with E-state index in [1.807, 2.05) is 12.1 Å². The van der Waals surface area contributed by atoms with E-state index in [-0.39, 0.29) is 23.7 Å². The lowest BCUT2D eigenvalue weighted by atomic mass is 9.87. The molecule has 1 heterocycles. The molecule has 2 aromatic rings. The van der Waals surface area contributed by atoms with Crippen LogP contribution >= 0.6 is 0 Å².